The fraction of sp³-hybridized carbons (Fsp3) is 0.154. The molecule has 0 atom stereocenters. The van der Waals surface area contributed by atoms with Gasteiger partial charge in [0.05, 0.1) is 41.5 Å². The van der Waals surface area contributed by atoms with Crippen LogP contribution in [0.15, 0.2) is 67.0 Å². The standard InChI is InChI=1S/C26H18F4N6O2/c1-15(37)14-38-17-7-8-18(20(10-17)26(28,29)30)22-9-6-16(34-35-22)12-36-13-24-23(11-31-36)32-25(33-24)19-4-2-3-5-21(19)27/h2-11,13H,12,14H2,1H3. The van der Waals surface area contributed by atoms with Crippen molar-refractivity contribution >= 4 is 5.78 Å². The smallest absolute Gasteiger partial charge is 0.417 e. The van der Waals surface area contributed by atoms with Gasteiger partial charge in [0.15, 0.2) is 11.6 Å². The number of hydrogen-bond acceptors (Lipinski definition) is 7. The third-order valence-corrected chi connectivity index (χ3v) is 5.49. The molecule has 1 aromatic heterocycles. The molecule has 3 heterocycles. The van der Waals surface area contributed by atoms with Crippen LogP contribution in [0.3, 0.4) is 0 Å². The average Bonchev–Trinajstić information content (AvgIpc) is 3.31. The molecule has 0 saturated heterocycles. The minimum atomic E-state index is -4.68. The second-order valence-corrected chi connectivity index (χ2v) is 8.37. The number of carbonyl (C=O) groups excluding carboxylic acids is 1. The fourth-order valence-corrected chi connectivity index (χ4v) is 3.72. The number of aromatic nitrogens is 6. The van der Waals surface area contributed by atoms with Gasteiger partial charge in [-0.25, -0.2) is 14.4 Å². The van der Waals surface area contributed by atoms with Crippen LogP contribution in [0.4, 0.5) is 17.6 Å². The highest BCUT2D eigenvalue weighted by Gasteiger charge is 2.34. The first-order valence-electron chi connectivity index (χ1n) is 11.3. The van der Waals surface area contributed by atoms with Gasteiger partial charge in [-0.2, -0.15) is 28.5 Å². The second kappa shape index (κ2) is 9.96. The molecular formula is C26H18F4N6O2. The van der Waals surface area contributed by atoms with Crippen LogP contribution in [-0.2, 0) is 17.5 Å². The zero-order valence-corrected chi connectivity index (χ0v) is 19.8. The fourth-order valence-electron chi connectivity index (χ4n) is 3.72. The van der Waals surface area contributed by atoms with E-state index in [4.69, 9.17) is 4.74 Å². The molecule has 2 aliphatic rings. The molecule has 0 unspecified atom stereocenters. The summed E-state index contributed by atoms with van der Waals surface area (Å²) in [7, 11) is 0. The van der Waals surface area contributed by atoms with Crippen LogP contribution in [-0.4, -0.2) is 42.3 Å². The SMILES string of the molecule is CC(=O)COc1ccc(-c2ccc(Cn3cc4nc(-c5ccccc5F)nc-4cn3)nn2)c(C(F)(F)F)c1. The minimum absolute atomic E-state index is 0.0176. The van der Waals surface area contributed by atoms with Crippen LogP contribution in [0, 0.1) is 5.82 Å². The van der Waals surface area contributed by atoms with E-state index < -0.39 is 17.6 Å². The number of carbonyl (C=O) groups is 1. The molecule has 0 spiro atoms. The number of fused-ring (bicyclic) bond motifs is 1. The van der Waals surface area contributed by atoms with Crippen molar-refractivity contribution in [3.8, 4) is 39.8 Å². The summed E-state index contributed by atoms with van der Waals surface area (Å²) in [5, 5.41) is 12.3. The molecule has 0 amide bonds. The molecule has 12 heteroatoms. The van der Waals surface area contributed by atoms with Crippen molar-refractivity contribution in [2.45, 2.75) is 19.6 Å². The molecule has 8 nitrogen and oxygen atoms in total. The summed E-state index contributed by atoms with van der Waals surface area (Å²) < 4.78 is 61.9. The first-order valence-corrected chi connectivity index (χ1v) is 11.3. The number of alkyl halides is 3. The van der Waals surface area contributed by atoms with Gasteiger partial charge in [-0.1, -0.05) is 12.1 Å². The Balaban J connectivity index is 1.37. The van der Waals surface area contributed by atoms with Gasteiger partial charge in [-0.05, 0) is 49.4 Å². The first kappa shape index (κ1) is 24.9. The van der Waals surface area contributed by atoms with Crippen LogP contribution in [0.2, 0.25) is 0 Å². The summed E-state index contributed by atoms with van der Waals surface area (Å²) >= 11 is 0. The summed E-state index contributed by atoms with van der Waals surface area (Å²) in [5.74, 6) is -0.593. The van der Waals surface area contributed by atoms with Crippen LogP contribution in [0.5, 0.6) is 5.75 Å². The van der Waals surface area contributed by atoms with E-state index in [2.05, 4.69) is 25.3 Å². The Labute approximate surface area is 213 Å². The molecule has 0 radical (unpaired) electrons. The molecule has 192 valence electrons. The van der Waals surface area contributed by atoms with Crippen molar-refractivity contribution in [3.63, 3.8) is 0 Å². The Kier molecular flexibility index (Phi) is 6.53. The van der Waals surface area contributed by atoms with Gasteiger partial charge >= 0.3 is 6.18 Å². The Morgan fingerprint density at radius 2 is 1.74 bits per heavy atom. The third-order valence-electron chi connectivity index (χ3n) is 5.49. The summed E-state index contributed by atoms with van der Waals surface area (Å²) in [4.78, 5) is 19.8. The minimum Gasteiger partial charge on any atom is -0.486 e. The van der Waals surface area contributed by atoms with Crippen molar-refractivity contribution in [2.24, 2.45) is 0 Å². The molecule has 0 saturated carbocycles. The summed E-state index contributed by atoms with van der Waals surface area (Å²) in [6.45, 7) is 1.11. The molecule has 0 N–H and O–H groups in total. The van der Waals surface area contributed by atoms with Gasteiger partial charge in [-0.15, -0.1) is 0 Å². The van der Waals surface area contributed by atoms with E-state index in [1.807, 2.05) is 0 Å². The van der Waals surface area contributed by atoms with Crippen molar-refractivity contribution < 1.29 is 27.1 Å². The number of Topliss-reactive ketones (excluding diaryl/α,β-unsaturated/α-hetero) is 1. The largest absolute Gasteiger partial charge is 0.486 e. The van der Waals surface area contributed by atoms with Gasteiger partial charge in [0.2, 0.25) is 0 Å². The molecule has 0 bridgehead atoms. The normalized spacial score (nSPS) is 11.6. The topological polar surface area (TPSA) is 95.7 Å². The lowest BCUT2D eigenvalue weighted by atomic mass is 10.0. The molecule has 0 fully saturated rings. The highest BCUT2D eigenvalue weighted by atomic mass is 19.4. The predicted molar refractivity (Wildman–Crippen MR) is 128 cm³/mol. The van der Waals surface area contributed by atoms with Crippen molar-refractivity contribution in [1.29, 1.82) is 0 Å². The number of imidazole rings is 1. The lowest BCUT2D eigenvalue weighted by Crippen LogP contribution is -2.11. The second-order valence-electron chi connectivity index (χ2n) is 8.37. The lowest BCUT2D eigenvalue weighted by Gasteiger charge is -2.14. The molecular weight excluding hydrogens is 504 g/mol. The predicted octanol–water partition coefficient (Wildman–Crippen LogP) is 5.08. The number of halogens is 4. The van der Waals surface area contributed by atoms with E-state index in [0.717, 1.165) is 6.07 Å². The molecule has 0 aliphatic carbocycles. The molecule has 2 aromatic carbocycles. The van der Waals surface area contributed by atoms with Gasteiger partial charge < -0.3 is 4.74 Å². The number of ketones is 1. The summed E-state index contributed by atoms with van der Waals surface area (Å²) in [6.07, 6.45) is -1.58. The van der Waals surface area contributed by atoms with E-state index in [-0.39, 0.29) is 47.3 Å². The monoisotopic (exact) mass is 522 g/mol. The van der Waals surface area contributed by atoms with Crippen molar-refractivity contribution in [1.82, 2.24) is 29.9 Å². The maximum atomic E-state index is 14.1. The van der Waals surface area contributed by atoms with Crippen LogP contribution in [0.25, 0.3) is 34.0 Å². The Morgan fingerprint density at radius 1 is 0.947 bits per heavy atom. The summed E-state index contributed by atoms with van der Waals surface area (Å²) in [6, 6.07) is 12.6. The first-order chi connectivity index (χ1) is 18.2. The van der Waals surface area contributed by atoms with E-state index in [9.17, 15) is 22.4 Å². The van der Waals surface area contributed by atoms with E-state index >= 15 is 0 Å². The maximum absolute atomic E-state index is 14.1. The van der Waals surface area contributed by atoms with Gasteiger partial charge in [0, 0.05) is 5.56 Å². The number of ether oxygens (including phenoxy) is 1. The Hall–Kier alpha value is -4.74. The van der Waals surface area contributed by atoms with E-state index in [0.29, 0.717) is 17.1 Å². The number of hydrogen-bond donors (Lipinski definition) is 0. The van der Waals surface area contributed by atoms with Gasteiger partial charge in [-0.3, -0.25) is 9.48 Å². The lowest BCUT2D eigenvalue weighted by molar-refractivity contribution is -0.137. The molecule has 38 heavy (non-hydrogen) atoms. The quantitative estimate of drug-likeness (QED) is 0.275. The zero-order valence-electron chi connectivity index (χ0n) is 19.8. The number of benzene rings is 2. The van der Waals surface area contributed by atoms with Crippen LogP contribution in [0.1, 0.15) is 18.2 Å². The highest BCUT2D eigenvalue weighted by Crippen LogP contribution is 2.38. The highest BCUT2D eigenvalue weighted by molar-refractivity contribution is 5.77. The Bertz CT molecular complexity index is 1580. The molecule has 5 rings (SSSR count). The Morgan fingerprint density at radius 3 is 2.45 bits per heavy atom. The van der Waals surface area contributed by atoms with Crippen molar-refractivity contribution in [3.05, 3.63) is 84.1 Å². The average molecular weight is 522 g/mol. The van der Waals surface area contributed by atoms with E-state index in [1.165, 1.54) is 42.1 Å². The number of rotatable bonds is 7. The number of nitrogens with zero attached hydrogens (tertiary/aromatic N) is 6. The molecule has 3 aromatic rings. The third kappa shape index (κ3) is 5.33. The van der Waals surface area contributed by atoms with E-state index in [1.54, 1.807) is 30.5 Å². The summed E-state index contributed by atoms with van der Waals surface area (Å²) in [5.41, 5.74) is 0.571. The van der Waals surface area contributed by atoms with Crippen LogP contribution >= 0.6 is 0 Å². The molecule has 2 aliphatic heterocycles. The maximum Gasteiger partial charge on any atom is 0.417 e. The van der Waals surface area contributed by atoms with Gasteiger partial charge in [0.1, 0.15) is 29.6 Å². The zero-order chi connectivity index (χ0) is 26.9. The van der Waals surface area contributed by atoms with Crippen LogP contribution < -0.4 is 4.74 Å². The van der Waals surface area contributed by atoms with Crippen molar-refractivity contribution in [2.75, 3.05) is 6.61 Å². The van der Waals surface area contributed by atoms with Gasteiger partial charge in [0.25, 0.3) is 0 Å².